The van der Waals surface area contributed by atoms with Crippen LogP contribution in [0.5, 0.6) is 0 Å². The average molecular weight is 440 g/mol. The normalized spacial score (nSPS) is 11.1. The van der Waals surface area contributed by atoms with Crippen LogP contribution in [-0.2, 0) is 22.6 Å². The highest BCUT2D eigenvalue weighted by molar-refractivity contribution is 6.31. The second kappa shape index (κ2) is 8.35. The molecule has 2 heterocycles. The summed E-state index contributed by atoms with van der Waals surface area (Å²) in [5.74, 6) is -1.07. The van der Waals surface area contributed by atoms with Gasteiger partial charge in [-0.15, -0.1) is 0 Å². The maximum atomic E-state index is 14.9. The Morgan fingerprint density at radius 1 is 1.16 bits per heavy atom. The molecule has 2 aromatic carbocycles. The van der Waals surface area contributed by atoms with Gasteiger partial charge in [-0.3, -0.25) is 9.59 Å². The van der Waals surface area contributed by atoms with Gasteiger partial charge < -0.3 is 9.30 Å². The Bertz CT molecular complexity index is 1350. The summed E-state index contributed by atoms with van der Waals surface area (Å²) in [6.07, 6.45) is 0. The molecule has 0 saturated carbocycles. The number of hydrogen-bond donors (Lipinski definition) is 0. The number of benzene rings is 2. The average Bonchev–Trinajstić information content (AvgIpc) is 3.01. The molecule has 0 unspecified atom stereocenters. The Morgan fingerprint density at radius 3 is 2.61 bits per heavy atom. The van der Waals surface area contributed by atoms with Crippen molar-refractivity contribution in [3.63, 3.8) is 0 Å². The number of fused-ring (bicyclic) bond motifs is 1. The smallest absolute Gasteiger partial charge is 0.325 e. The molecular formula is C23H19ClFN3O3. The van der Waals surface area contributed by atoms with Gasteiger partial charge in [0, 0.05) is 27.7 Å². The lowest BCUT2D eigenvalue weighted by atomic mass is 10.1. The molecule has 4 rings (SSSR count). The van der Waals surface area contributed by atoms with Crippen molar-refractivity contribution in [2.45, 2.75) is 20.0 Å². The van der Waals surface area contributed by atoms with Crippen LogP contribution in [0.1, 0.15) is 11.3 Å². The quantitative estimate of drug-likeness (QED) is 0.437. The Balaban J connectivity index is 1.92. The molecule has 0 aliphatic rings. The fraction of sp³-hybridized carbons (Fsp3) is 0.174. The van der Waals surface area contributed by atoms with Gasteiger partial charge in [0.2, 0.25) is 0 Å². The summed E-state index contributed by atoms with van der Waals surface area (Å²) >= 11 is 6.13. The van der Waals surface area contributed by atoms with E-state index in [-0.39, 0.29) is 22.6 Å². The van der Waals surface area contributed by atoms with Gasteiger partial charge in [0.25, 0.3) is 5.56 Å². The summed E-state index contributed by atoms with van der Waals surface area (Å²) in [6.45, 7) is 1.89. The first-order chi connectivity index (χ1) is 14.9. The molecule has 0 fully saturated rings. The predicted octanol–water partition coefficient (Wildman–Crippen LogP) is 4.19. The summed E-state index contributed by atoms with van der Waals surface area (Å²) in [4.78, 5) is 24.4. The van der Waals surface area contributed by atoms with E-state index in [1.54, 1.807) is 19.1 Å². The van der Waals surface area contributed by atoms with Crippen molar-refractivity contribution in [2.24, 2.45) is 0 Å². The molecule has 31 heavy (non-hydrogen) atoms. The fourth-order valence-electron chi connectivity index (χ4n) is 3.69. The van der Waals surface area contributed by atoms with E-state index in [4.69, 9.17) is 16.3 Å². The number of esters is 1. The summed E-state index contributed by atoms with van der Waals surface area (Å²) in [6, 6.07) is 15.3. The SMILES string of the molecule is COC(=O)Cn1c(C)c(-c2ccc(=O)n(Cc3ccccc3)n2)c2cc(Cl)cc(F)c21. The first-order valence-corrected chi connectivity index (χ1v) is 9.94. The molecule has 0 spiro atoms. The number of nitrogens with zero attached hydrogens (tertiary/aromatic N) is 3. The first kappa shape index (κ1) is 20.8. The van der Waals surface area contributed by atoms with Crippen LogP contribution in [-0.4, -0.2) is 27.4 Å². The van der Waals surface area contributed by atoms with Crippen LogP contribution in [0, 0.1) is 12.7 Å². The fourth-order valence-corrected chi connectivity index (χ4v) is 3.90. The maximum Gasteiger partial charge on any atom is 0.325 e. The van der Waals surface area contributed by atoms with Crippen molar-refractivity contribution in [3.8, 4) is 11.3 Å². The van der Waals surface area contributed by atoms with Gasteiger partial charge in [-0.1, -0.05) is 41.9 Å². The minimum atomic E-state index is -0.557. The van der Waals surface area contributed by atoms with Gasteiger partial charge in [-0.25, -0.2) is 9.07 Å². The van der Waals surface area contributed by atoms with Crippen LogP contribution in [0.2, 0.25) is 5.02 Å². The molecular weight excluding hydrogens is 421 g/mol. The summed E-state index contributed by atoms with van der Waals surface area (Å²) < 4.78 is 22.5. The number of hydrogen-bond acceptors (Lipinski definition) is 4. The third-order valence-corrected chi connectivity index (χ3v) is 5.37. The zero-order chi connectivity index (χ0) is 22.1. The van der Waals surface area contributed by atoms with Gasteiger partial charge in [-0.05, 0) is 30.7 Å². The van der Waals surface area contributed by atoms with Gasteiger partial charge >= 0.3 is 5.97 Å². The number of aromatic nitrogens is 3. The van der Waals surface area contributed by atoms with E-state index in [1.165, 1.54) is 28.5 Å². The molecule has 0 amide bonds. The Labute approximate surface area is 182 Å². The lowest BCUT2D eigenvalue weighted by molar-refractivity contribution is -0.141. The number of halogens is 2. The number of methoxy groups -OCH3 is 1. The first-order valence-electron chi connectivity index (χ1n) is 9.56. The van der Waals surface area contributed by atoms with Crippen molar-refractivity contribution in [3.05, 3.63) is 87.0 Å². The molecule has 2 aromatic heterocycles. The molecule has 4 aromatic rings. The minimum Gasteiger partial charge on any atom is -0.468 e. The molecule has 8 heteroatoms. The zero-order valence-corrected chi connectivity index (χ0v) is 17.7. The van der Waals surface area contributed by atoms with Crippen LogP contribution in [0.4, 0.5) is 4.39 Å². The second-order valence-corrected chi connectivity index (χ2v) is 7.54. The van der Waals surface area contributed by atoms with Crippen LogP contribution >= 0.6 is 11.6 Å². The van der Waals surface area contributed by atoms with Crippen molar-refractivity contribution in [1.29, 1.82) is 0 Å². The Hall–Kier alpha value is -3.45. The molecule has 0 radical (unpaired) electrons. The third kappa shape index (κ3) is 3.96. The number of carbonyl (C=O) groups excluding carboxylic acids is 1. The second-order valence-electron chi connectivity index (χ2n) is 7.11. The van der Waals surface area contributed by atoms with Gasteiger partial charge in [0.15, 0.2) is 0 Å². The number of carbonyl (C=O) groups is 1. The highest BCUT2D eigenvalue weighted by atomic mass is 35.5. The van der Waals surface area contributed by atoms with E-state index < -0.39 is 11.8 Å². The van der Waals surface area contributed by atoms with Crippen molar-refractivity contribution in [1.82, 2.24) is 14.3 Å². The molecule has 0 aliphatic carbocycles. The lowest BCUT2D eigenvalue weighted by Gasteiger charge is -2.09. The van der Waals surface area contributed by atoms with Crippen LogP contribution in [0.25, 0.3) is 22.2 Å². The topological polar surface area (TPSA) is 66.1 Å². The van der Waals surface area contributed by atoms with Gasteiger partial charge in [0.05, 0.1) is 24.9 Å². The predicted molar refractivity (Wildman–Crippen MR) is 117 cm³/mol. The molecule has 0 N–H and O–H groups in total. The molecule has 0 saturated heterocycles. The van der Waals surface area contributed by atoms with Crippen LogP contribution in [0.15, 0.2) is 59.4 Å². The lowest BCUT2D eigenvalue weighted by Crippen LogP contribution is -2.22. The summed E-state index contributed by atoms with van der Waals surface area (Å²) in [7, 11) is 1.28. The van der Waals surface area contributed by atoms with E-state index in [1.807, 2.05) is 30.3 Å². The zero-order valence-electron chi connectivity index (χ0n) is 16.9. The van der Waals surface area contributed by atoms with Gasteiger partial charge in [-0.2, -0.15) is 5.10 Å². The van der Waals surface area contributed by atoms with Crippen molar-refractivity contribution < 1.29 is 13.9 Å². The largest absolute Gasteiger partial charge is 0.468 e. The number of rotatable bonds is 5. The highest BCUT2D eigenvalue weighted by Gasteiger charge is 2.22. The molecule has 0 bridgehead atoms. The van der Waals surface area contributed by atoms with E-state index in [0.29, 0.717) is 28.9 Å². The van der Waals surface area contributed by atoms with Crippen LogP contribution in [0.3, 0.4) is 0 Å². The van der Waals surface area contributed by atoms with E-state index in [2.05, 4.69) is 5.10 Å². The van der Waals surface area contributed by atoms with Crippen molar-refractivity contribution in [2.75, 3.05) is 7.11 Å². The summed E-state index contributed by atoms with van der Waals surface area (Å²) in [5.41, 5.74) is 2.58. The van der Waals surface area contributed by atoms with E-state index in [9.17, 15) is 14.0 Å². The van der Waals surface area contributed by atoms with E-state index in [0.717, 1.165) is 5.56 Å². The molecule has 0 atom stereocenters. The van der Waals surface area contributed by atoms with Crippen LogP contribution < -0.4 is 5.56 Å². The van der Waals surface area contributed by atoms with Crippen molar-refractivity contribution >= 4 is 28.5 Å². The molecule has 0 aliphatic heterocycles. The molecule has 158 valence electrons. The number of ether oxygens (including phenoxy) is 1. The maximum absolute atomic E-state index is 14.9. The highest BCUT2D eigenvalue weighted by Crippen LogP contribution is 2.36. The third-order valence-electron chi connectivity index (χ3n) is 5.15. The molecule has 6 nitrogen and oxygen atoms in total. The monoisotopic (exact) mass is 439 g/mol. The summed E-state index contributed by atoms with van der Waals surface area (Å²) in [5, 5.41) is 5.25. The standard InChI is InChI=1S/C23H19ClFN3O3/c1-14-22(17-10-16(24)11-18(25)23(17)27(14)13-21(30)31-2)19-8-9-20(29)28(26-19)12-15-6-4-3-5-7-15/h3-11H,12-13H2,1-2H3. The Kier molecular flexibility index (Phi) is 5.61. The van der Waals surface area contributed by atoms with E-state index >= 15 is 0 Å². The van der Waals surface area contributed by atoms with Gasteiger partial charge in [0.1, 0.15) is 12.4 Å². The Morgan fingerprint density at radius 2 is 1.90 bits per heavy atom. The minimum absolute atomic E-state index is 0.166.